The third-order valence-corrected chi connectivity index (χ3v) is 10.2. The second kappa shape index (κ2) is 17.5. The first-order valence-corrected chi connectivity index (χ1v) is 19.1. The number of nitrogens with one attached hydrogen (secondary N) is 5. The second-order valence-electron chi connectivity index (χ2n) is 13.7. The topological polar surface area (TPSA) is 184 Å². The maximum Gasteiger partial charge on any atom is 0.246 e. The molecule has 0 spiro atoms. The molecule has 2 saturated heterocycles. The Labute approximate surface area is 307 Å². The number of amides is 6. The molecule has 14 nitrogen and oxygen atoms in total. The highest BCUT2D eigenvalue weighted by Gasteiger charge is 2.44. The van der Waals surface area contributed by atoms with Crippen molar-refractivity contribution in [3.63, 3.8) is 0 Å². The number of benzene rings is 2. The Morgan fingerprint density at radius 2 is 1.67 bits per heavy atom. The minimum atomic E-state index is -1.02. The molecule has 278 valence electrons. The molecular formula is C37H48N8O6S. The van der Waals surface area contributed by atoms with Crippen molar-refractivity contribution in [3.05, 3.63) is 66.5 Å². The maximum atomic E-state index is 14.3. The molecule has 2 fully saturated rings. The number of aryl methyl sites for hydroxylation is 1. The molecule has 0 radical (unpaired) electrons. The monoisotopic (exact) mass is 732 g/mol. The summed E-state index contributed by atoms with van der Waals surface area (Å²) in [4.78, 5) is 87.8. The molecule has 2 aliphatic rings. The van der Waals surface area contributed by atoms with Crippen molar-refractivity contribution in [3.8, 4) is 0 Å². The number of nitrogens with zero attached hydrogens (tertiary/aromatic N) is 3. The average Bonchev–Trinajstić information content (AvgIpc) is 3.75. The van der Waals surface area contributed by atoms with E-state index in [9.17, 15) is 28.8 Å². The molecular weight excluding hydrogens is 685 g/mol. The predicted octanol–water partition coefficient (Wildman–Crippen LogP) is 1.66. The van der Waals surface area contributed by atoms with Gasteiger partial charge in [-0.1, -0.05) is 56.3 Å². The van der Waals surface area contributed by atoms with Crippen LogP contribution in [0.3, 0.4) is 0 Å². The van der Waals surface area contributed by atoms with E-state index in [1.54, 1.807) is 44.4 Å². The first-order valence-electron chi connectivity index (χ1n) is 17.7. The summed E-state index contributed by atoms with van der Waals surface area (Å²) in [6.07, 6.45) is 4.01. The highest BCUT2D eigenvalue weighted by molar-refractivity contribution is 7.98. The standard InChI is InChI=1S/C37H48N8O6S/c1-22(2)33-37(51)45-20-25(40-31(46)14-16-44-21-38-26-12-8-9-13-29(26)44)18-30(45)36(50)39-23(3)34(48)42-28(24-10-6-5-7-11-24)19-32(47)41-27(15-17-52-4)35(49)43-33/h5-13,21-23,25,27-28,30,33H,14-20H2,1-4H3,(H,39,50)(H,40,46)(H,41,47)(H,42,48)(H,43,49)/t23-,25-,27-,28-,30-,33-/m0/s1. The SMILES string of the molecule is CSCC[C@@H]1NC(=O)C[C@@H](c2ccccc2)NC(=O)[C@H](C)NC(=O)[C@@H]2C[C@H](NC(=O)CCn3cnc4ccccc43)CN2C(=O)[C@H](C(C)C)NC1=O. The molecule has 2 aliphatic heterocycles. The van der Waals surface area contributed by atoms with Crippen LogP contribution in [0.4, 0.5) is 0 Å². The van der Waals surface area contributed by atoms with Crippen molar-refractivity contribution >= 4 is 58.2 Å². The summed E-state index contributed by atoms with van der Waals surface area (Å²) in [5.41, 5.74) is 2.42. The number of hydrogen-bond acceptors (Lipinski definition) is 8. The van der Waals surface area contributed by atoms with E-state index in [1.807, 2.05) is 41.2 Å². The van der Waals surface area contributed by atoms with Crippen LogP contribution in [0.2, 0.25) is 0 Å². The van der Waals surface area contributed by atoms with Gasteiger partial charge in [-0.25, -0.2) is 4.98 Å². The summed E-state index contributed by atoms with van der Waals surface area (Å²) >= 11 is 1.52. The molecule has 0 saturated carbocycles. The lowest BCUT2D eigenvalue weighted by Crippen LogP contribution is -2.59. The number of aromatic nitrogens is 2. The quantitative estimate of drug-likeness (QED) is 0.220. The largest absolute Gasteiger partial charge is 0.351 e. The number of hydrogen-bond donors (Lipinski definition) is 5. The highest BCUT2D eigenvalue weighted by atomic mass is 32.2. The van der Waals surface area contributed by atoms with E-state index >= 15 is 0 Å². The van der Waals surface area contributed by atoms with E-state index in [1.165, 1.54) is 23.6 Å². The Balaban J connectivity index is 1.39. The first-order chi connectivity index (χ1) is 24.9. The van der Waals surface area contributed by atoms with Gasteiger partial charge in [0, 0.05) is 25.6 Å². The summed E-state index contributed by atoms with van der Waals surface area (Å²) in [7, 11) is 0. The van der Waals surface area contributed by atoms with Crippen LogP contribution in [0.15, 0.2) is 60.9 Å². The lowest BCUT2D eigenvalue weighted by molar-refractivity contribution is -0.143. The zero-order valence-electron chi connectivity index (χ0n) is 30.0. The fraction of sp³-hybridized carbons (Fsp3) is 0.486. The molecule has 0 bridgehead atoms. The molecule has 52 heavy (non-hydrogen) atoms. The minimum Gasteiger partial charge on any atom is -0.351 e. The van der Waals surface area contributed by atoms with E-state index in [-0.39, 0.29) is 37.6 Å². The van der Waals surface area contributed by atoms with E-state index in [0.29, 0.717) is 24.3 Å². The lowest BCUT2D eigenvalue weighted by atomic mass is 10.0. The third kappa shape index (κ3) is 9.49. The van der Waals surface area contributed by atoms with E-state index in [0.717, 1.165) is 11.0 Å². The fourth-order valence-corrected chi connectivity index (χ4v) is 7.11. The van der Waals surface area contributed by atoms with Crippen LogP contribution in [0.1, 0.15) is 58.1 Å². The number of thioether (sulfide) groups is 1. The van der Waals surface area contributed by atoms with Crippen LogP contribution < -0.4 is 26.6 Å². The van der Waals surface area contributed by atoms with Gasteiger partial charge in [0.2, 0.25) is 35.4 Å². The summed E-state index contributed by atoms with van der Waals surface area (Å²) < 4.78 is 1.90. The minimum absolute atomic E-state index is 0.0268. The van der Waals surface area contributed by atoms with Gasteiger partial charge in [0.05, 0.1) is 29.8 Å². The van der Waals surface area contributed by atoms with Gasteiger partial charge >= 0.3 is 0 Å². The number of carbonyl (C=O) groups is 6. The fourth-order valence-electron chi connectivity index (χ4n) is 6.64. The van der Waals surface area contributed by atoms with Gasteiger partial charge in [-0.3, -0.25) is 28.8 Å². The Kier molecular flexibility index (Phi) is 12.9. The summed E-state index contributed by atoms with van der Waals surface area (Å²) in [6.45, 7) is 5.53. The Hall–Kier alpha value is -4.92. The Morgan fingerprint density at radius 3 is 2.40 bits per heavy atom. The van der Waals surface area contributed by atoms with Gasteiger partial charge in [-0.15, -0.1) is 0 Å². The zero-order chi connectivity index (χ0) is 37.4. The third-order valence-electron chi connectivity index (χ3n) is 9.51. The summed E-state index contributed by atoms with van der Waals surface area (Å²) in [5.74, 6) is -2.61. The van der Waals surface area contributed by atoms with Crippen molar-refractivity contribution in [1.29, 1.82) is 0 Å². The van der Waals surface area contributed by atoms with Crippen LogP contribution in [0, 0.1) is 5.92 Å². The lowest BCUT2D eigenvalue weighted by Gasteiger charge is -2.32. The second-order valence-corrected chi connectivity index (χ2v) is 14.7. The molecule has 15 heteroatoms. The molecule has 0 aliphatic carbocycles. The molecule has 3 heterocycles. The van der Waals surface area contributed by atoms with Crippen LogP contribution in [0.25, 0.3) is 11.0 Å². The molecule has 0 unspecified atom stereocenters. The molecule has 5 rings (SSSR count). The first kappa shape index (κ1) is 38.3. The van der Waals surface area contributed by atoms with E-state index < -0.39 is 65.8 Å². The van der Waals surface area contributed by atoms with Crippen molar-refractivity contribution in [2.75, 3.05) is 18.6 Å². The molecule has 6 atom stereocenters. The van der Waals surface area contributed by atoms with Gasteiger partial charge in [-0.2, -0.15) is 11.8 Å². The normalized spacial score (nSPS) is 24.9. The predicted molar refractivity (Wildman–Crippen MR) is 198 cm³/mol. The molecule has 2 aromatic carbocycles. The molecule has 5 N–H and O–H groups in total. The number of para-hydroxylation sites is 2. The number of carbonyl (C=O) groups excluding carboxylic acids is 6. The zero-order valence-corrected chi connectivity index (χ0v) is 30.8. The van der Waals surface area contributed by atoms with Gasteiger partial charge in [-0.05, 0) is 55.4 Å². The average molecular weight is 733 g/mol. The number of imidazole rings is 1. The van der Waals surface area contributed by atoms with E-state index in [4.69, 9.17) is 0 Å². The molecule has 1 aromatic heterocycles. The van der Waals surface area contributed by atoms with Crippen LogP contribution in [0.5, 0.6) is 0 Å². The molecule has 3 aromatic rings. The van der Waals surface area contributed by atoms with Crippen molar-refractivity contribution in [2.24, 2.45) is 5.92 Å². The van der Waals surface area contributed by atoms with Crippen molar-refractivity contribution < 1.29 is 28.8 Å². The van der Waals surface area contributed by atoms with Crippen LogP contribution >= 0.6 is 11.8 Å². The number of fused-ring (bicyclic) bond motifs is 2. The van der Waals surface area contributed by atoms with Crippen molar-refractivity contribution in [1.82, 2.24) is 41.0 Å². The van der Waals surface area contributed by atoms with Crippen LogP contribution in [-0.4, -0.2) is 98.7 Å². The van der Waals surface area contributed by atoms with Gasteiger partial charge < -0.3 is 36.1 Å². The maximum absolute atomic E-state index is 14.3. The van der Waals surface area contributed by atoms with Gasteiger partial charge in [0.15, 0.2) is 0 Å². The van der Waals surface area contributed by atoms with Crippen LogP contribution in [-0.2, 0) is 35.3 Å². The van der Waals surface area contributed by atoms with Crippen molar-refractivity contribution in [2.45, 2.75) is 89.3 Å². The Morgan fingerprint density at radius 1 is 0.942 bits per heavy atom. The van der Waals surface area contributed by atoms with E-state index in [2.05, 4.69) is 31.6 Å². The van der Waals surface area contributed by atoms with Gasteiger partial charge in [0.1, 0.15) is 24.2 Å². The van der Waals surface area contributed by atoms with Gasteiger partial charge in [0.25, 0.3) is 0 Å². The smallest absolute Gasteiger partial charge is 0.246 e. The number of rotatable bonds is 9. The Bertz CT molecular complexity index is 1770. The summed E-state index contributed by atoms with van der Waals surface area (Å²) in [6, 6.07) is 11.3. The highest BCUT2D eigenvalue weighted by Crippen LogP contribution is 2.23. The summed E-state index contributed by atoms with van der Waals surface area (Å²) in [5, 5.41) is 14.3. The molecule has 6 amide bonds.